The van der Waals surface area contributed by atoms with E-state index >= 15 is 0 Å². The van der Waals surface area contributed by atoms with E-state index in [-0.39, 0.29) is 11.9 Å². The summed E-state index contributed by atoms with van der Waals surface area (Å²) in [6, 6.07) is 7.97. The summed E-state index contributed by atoms with van der Waals surface area (Å²) in [5.41, 5.74) is 1.98. The number of amides is 1. The Kier molecular flexibility index (Phi) is 6.21. The minimum absolute atomic E-state index is 0.0236. The van der Waals surface area contributed by atoms with E-state index in [1.807, 2.05) is 19.1 Å². The Morgan fingerprint density at radius 3 is 2.52 bits per heavy atom. The van der Waals surface area contributed by atoms with Crippen molar-refractivity contribution in [1.29, 1.82) is 0 Å². The molecule has 1 N–H and O–H groups in total. The van der Waals surface area contributed by atoms with Crippen LogP contribution >= 0.6 is 0 Å². The van der Waals surface area contributed by atoms with E-state index < -0.39 is 0 Å². The van der Waals surface area contributed by atoms with Crippen LogP contribution in [0.5, 0.6) is 0 Å². The van der Waals surface area contributed by atoms with Crippen molar-refractivity contribution in [2.24, 2.45) is 0 Å². The van der Waals surface area contributed by atoms with Crippen molar-refractivity contribution in [2.75, 3.05) is 26.8 Å². The first-order chi connectivity index (χ1) is 10.2. The monoisotopic (exact) mass is 290 g/mol. The maximum atomic E-state index is 12.1. The van der Waals surface area contributed by atoms with Gasteiger partial charge in [-0.3, -0.25) is 9.69 Å². The normalized spacial score (nSPS) is 17.4. The number of hydrogen-bond acceptors (Lipinski definition) is 3. The van der Waals surface area contributed by atoms with Crippen LogP contribution in [0.4, 0.5) is 0 Å². The average molecular weight is 290 g/mol. The molecular weight excluding hydrogens is 264 g/mol. The maximum absolute atomic E-state index is 12.1. The van der Waals surface area contributed by atoms with Crippen LogP contribution in [-0.4, -0.2) is 43.7 Å². The molecule has 4 nitrogen and oxygen atoms in total. The first kappa shape index (κ1) is 16.0. The molecule has 1 aliphatic heterocycles. The van der Waals surface area contributed by atoms with Gasteiger partial charge in [0.2, 0.25) is 0 Å². The summed E-state index contributed by atoms with van der Waals surface area (Å²) in [5, 5.41) is 2.92. The van der Waals surface area contributed by atoms with Crippen LogP contribution in [-0.2, 0) is 11.3 Å². The molecule has 0 bridgehead atoms. The summed E-state index contributed by atoms with van der Waals surface area (Å²) in [5.74, 6) is -0.0379. The fourth-order valence-corrected chi connectivity index (χ4v) is 2.74. The molecule has 1 aliphatic rings. The molecule has 1 amide bonds. The van der Waals surface area contributed by atoms with E-state index in [9.17, 15) is 4.79 Å². The topological polar surface area (TPSA) is 41.6 Å². The van der Waals surface area contributed by atoms with Crippen LogP contribution < -0.4 is 5.32 Å². The second-order valence-corrected chi connectivity index (χ2v) is 5.86. The van der Waals surface area contributed by atoms with Crippen LogP contribution in [0.25, 0.3) is 0 Å². The van der Waals surface area contributed by atoms with Crippen molar-refractivity contribution >= 4 is 5.91 Å². The molecule has 0 unspecified atom stereocenters. The number of nitrogens with one attached hydrogen (secondary N) is 1. The largest absolute Gasteiger partial charge is 0.383 e. The van der Waals surface area contributed by atoms with Crippen LogP contribution in [0.1, 0.15) is 42.1 Å². The Morgan fingerprint density at radius 1 is 1.24 bits per heavy atom. The fraction of sp³-hybridized carbons (Fsp3) is 0.588. The van der Waals surface area contributed by atoms with Crippen molar-refractivity contribution in [3.63, 3.8) is 0 Å². The molecule has 1 saturated heterocycles. The zero-order valence-electron chi connectivity index (χ0n) is 13.1. The number of rotatable bonds is 6. The van der Waals surface area contributed by atoms with E-state index in [0.29, 0.717) is 12.2 Å². The number of methoxy groups -OCH3 is 1. The lowest BCUT2D eigenvalue weighted by Gasteiger charge is -2.26. The van der Waals surface area contributed by atoms with Gasteiger partial charge in [-0.1, -0.05) is 18.6 Å². The molecule has 1 aromatic rings. The Morgan fingerprint density at radius 2 is 1.90 bits per heavy atom. The van der Waals surface area contributed by atoms with Crippen molar-refractivity contribution in [2.45, 2.75) is 38.8 Å². The van der Waals surface area contributed by atoms with Crippen LogP contribution in [0.3, 0.4) is 0 Å². The zero-order chi connectivity index (χ0) is 15.1. The van der Waals surface area contributed by atoms with Gasteiger partial charge in [0.15, 0.2) is 0 Å². The van der Waals surface area contributed by atoms with Crippen LogP contribution in [0.2, 0.25) is 0 Å². The predicted molar refractivity (Wildman–Crippen MR) is 84.4 cm³/mol. The van der Waals surface area contributed by atoms with Gasteiger partial charge in [0.1, 0.15) is 0 Å². The summed E-state index contributed by atoms with van der Waals surface area (Å²) in [6.07, 6.45) is 3.96. The number of nitrogens with zero attached hydrogens (tertiary/aromatic N) is 1. The average Bonchev–Trinajstić information content (AvgIpc) is 2.49. The third-order valence-electron chi connectivity index (χ3n) is 3.87. The van der Waals surface area contributed by atoms with Gasteiger partial charge < -0.3 is 10.1 Å². The second kappa shape index (κ2) is 8.15. The molecular formula is C17H26N2O2. The van der Waals surface area contributed by atoms with Gasteiger partial charge >= 0.3 is 0 Å². The smallest absolute Gasteiger partial charge is 0.251 e. The number of hydrogen-bond donors (Lipinski definition) is 1. The van der Waals surface area contributed by atoms with Gasteiger partial charge in [-0.05, 0) is 50.6 Å². The molecule has 0 aromatic heterocycles. The van der Waals surface area contributed by atoms with Crippen molar-refractivity contribution in [3.8, 4) is 0 Å². The molecule has 21 heavy (non-hydrogen) atoms. The molecule has 0 aliphatic carbocycles. The van der Waals surface area contributed by atoms with Gasteiger partial charge in [-0.25, -0.2) is 0 Å². The molecule has 2 rings (SSSR count). The van der Waals surface area contributed by atoms with E-state index in [0.717, 1.165) is 6.54 Å². The molecule has 1 heterocycles. The fourth-order valence-electron chi connectivity index (χ4n) is 2.74. The highest BCUT2D eigenvalue weighted by Crippen LogP contribution is 2.13. The molecule has 1 atom stereocenters. The number of piperidine rings is 1. The highest BCUT2D eigenvalue weighted by Gasteiger charge is 2.12. The quantitative estimate of drug-likeness (QED) is 0.875. The number of carbonyl (C=O) groups is 1. The van der Waals surface area contributed by atoms with E-state index in [1.54, 1.807) is 7.11 Å². The lowest BCUT2D eigenvalue weighted by molar-refractivity contribution is 0.0905. The van der Waals surface area contributed by atoms with E-state index in [1.165, 1.54) is 37.9 Å². The Labute approximate surface area is 127 Å². The van der Waals surface area contributed by atoms with Crippen molar-refractivity contribution in [3.05, 3.63) is 35.4 Å². The van der Waals surface area contributed by atoms with Gasteiger partial charge in [0.05, 0.1) is 6.61 Å². The lowest BCUT2D eigenvalue weighted by Crippen LogP contribution is -2.35. The standard InChI is InChI=1S/C17H26N2O2/c1-14(13-21-2)18-17(20)16-8-6-15(7-9-16)12-19-10-4-3-5-11-19/h6-9,14H,3-5,10-13H2,1-2H3,(H,18,20)/t14-/m0/s1. The number of likely N-dealkylation sites (tertiary alicyclic amines) is 1. The molecule has 4 heteroatoms. The Hall–Kier alpha value is -1.39. The lowest BCUT2D eigenvalue weighted by atomic mass is 10.1. The molecule has 0 radical (unpaired) electrons. The van der Waals surface area contributed by atoms with E-state index in [2.05, 4.69) is 22.3 Å². The molecule has 1 aromatic carbocycles. The molecule has 116 valence electrons. The maximum Gasteiger partial charge on any atom is 0.251 e. The van der Waals surface area contributed by atoms with Crippen LogP contribution in [0, 0.1) is 0 Å². The predicted octanol–water partition coefficient (Wildman–Crippen LogP) is 2.44. The minimum atomic E-state index is -0.0379. The highest BCUT2D eigenvalue weighted by atomic mass is 16.5. The van der Waals surface area contributed by atoms with Gasteiger partial charge in [-0.2, -0.15) is 0 Å². The van der Waals surface area contributed by atoms with Crippen molar-refractivity contribution in [1.82, 2.24) is 10.2 Å². The van der Waals surface area contributed by atoms with Gasteiger partial charge in [0.25, 0.3) is 5.91 Å². The molecule has 1 fully saturated rings. The SMILES string of the molecule is COC[C@H](C)NC(=O)c1ccc(CN2CCCCC2)cc1. The molecule has 0 spiro atoms. The Balaban J connectivity index is 1.87. The van der Waals surface area contributed by atoms with Crippen LogP contribution in [0.15, 0.2) is 24.3 Å². The summed E-state index contributed by atoms with van der Waals surface area (Å²) in [4.78, 5) is 14.5. The first-order valence-electron chi connectivity index (χ1n) is 7.80. The third kappa shape index (κ3) is 5.14. The zero-order valence-corrected chi connectivity index (χ0v) is 13.1. The highest BCUT2D eigenvalue weighted by molar-refractivity contribution is 5.94. The summed E-state index contributed by atoms with van der Waals surface area (Å²) in [7, 11) is 1.64. The summed E-state index contributed by atoms with van der Waals surface area (Å²) >= 11 is 0. The summed E-state index contributed by atoms with van der Waals surface area (Å²) < 4.78 is 5.02. The number of carbonyl (C=O) groups excluding carboxylic acids is 1. The second-order valence-electron chi connectivity index (χ2n) is 5.86. The summed E-state index contributed by atoms with van der Waals surface area (Å²) in [6.45, 7) is 5.83. The van der Waals surface area contributed by atoms with Gasteiger partial charge in [-0.15, -0.1) is 0 Å². The molecule has 0 saturated carbocycles. The Bertz CT molecular complexity index is 439. The number of benzene rings is 1. The first-order valence-corrected chi connectivity index (χ1v) is 7.80. The minimum Gasteiger partial charge on any atom is -0.383 e. The van der Waals surface area contributed by atoms with E-state index in [4.69, 9.17) is 4.74 Å². The third-order valence-corrected chi connectivity index (χ3v) is 3.87. The van der Waals surface area contributed by atoms with Gasteiger partial charge in [0, 0.05) is 25.3 Å². The van der Waals surface area contributed by atoms with Crippen molar-refractivity contribution < 1.29 is 9.53 Å². The number of ether oxygens (including phenoxy) is 1.